The van der Waals surface area contributed by atoms with E-state index in [1.165, 1.54) is 11.1 Å². The fourth-order valence-corrected chi connectivity index (χ4v) is 4.18. The van der Waals surface area contributed by atoms with Gasteiger partial charge in [-0.25, -0.2) is 0 Å². The fraction of sp³-hybridized carbons (Fsp3) is 0.533. The molecule has 1 aromatic carbocycles. The topological polar surface area (TPSA) is 46.5 Å². The molecule has 1 fully saturated rings. The Morgan fingerprint density at radius 1 is 1.37 bits per heavy atom. The Balaban J connectivity index is 2.21. The Bertz CT molecular complexity index is 547. The van der Waals surface area contributed by atoms with E-state index in [-0.39, 0.29) is 0 Å². The molecule has 0 bridgehead atoms. The maximum Gasteiger partial charge on any atom is 0.314 e. The van der Waals surface area contributed by atoms with Crippen molar-refractivity contribution in [1.29, 1.82) is 0 Å². The van der Waals surface area contributed by atoms with Crippen LogP contribution in [0.25, 0.3) is 0 Å². The van der Waals surface area contributed by atoms with Crippen LogP contribution >= 0.6 is 15.9 Å². The highest BCUT2D eigenvalue weighted by atomic mass is 79.9. The van der Waals surface area contributed by atoms with E-state index in [1.807, 2.05) is 0 Å². The Morgan fingerprint density at radius 3 is 2.63 bits per heavy atom. The highest BCUT2D eigenvalue weighted by molar-refractivity contribution is 9.10. The molecule has 3 nitrogen and oxygen atoms in total. The first-order chi connectivity index (χ1) is 9.10. The molecule has 2 aliphatic rings. The summed E-state index contributed by atoms with van der Waals surface area (Å²) in [6.45, 7) is 0. The second-order valence-corrected chi connectivity index (χ2v) is 6.30. The van der Waals surface area contributed by atoms with Gasteiger partial charge in [0.1, 0.15) is 5.75 Å². The second kappa shape index (κ2) is 4.51. The van der Waals surface area contributed by atoms with Gasteiger partial charge >= 0.3 is 5.97 Å². The predicted molar refractivity (Wildman–Crippen MR) is 75.9 cm³/mol. The van der Waals surface area contributed by atoms with Gasteiger partial charge < -0.3 is 9.84 Å². The molecule has 0 heterocycles. The number of fused-ring (bicyclic) bond motifs is 1. The number of benzene rings is 1. The summed E-state index contributed by atoms with van der Waals surface area (Å²) in [5.41, 5.74) is 2.71. The molecule has 1 saturated carbocycles. The summed E-state index contributed by atoms with van der Waals surface area (Å²) < 4.78 is 6.49. The average molecular weight is 325 g/mol. The number of carbonyl (C=O) groups is 1. The molecule has 1 N–H and O–H groups in total. The largest absolute Gasteiger partial charge is 0.495 e. The lowest BCUT2D eigenvalue weighted by Gasteiger charge is -2.39. The minimum Gasteiger partial charge on any atom is -0.495 e. The lowest BCUT2D eigenvalue weighted by Crippen LogP contribution is -2.42. The molecule has 3 rings (SSSR count). The Kier molecular flexibility index (Phi) is 3.08. The Labute approximate surface area is 121 Å². The highest BCUT2D eigenvalue weighted by Gasteiger charge is 2.48. The van der Waals surface area contributed by atoms with E-state index in [9.17, 15) is 9.90 Å². The van der Waals surface area contributed by atoms with E-state index in [0.29, 0.717) is 12.8 Å². The van der Waals surface area contributed by atoms with Gasteiger partial charge in [0.15, 0.2) is 0 Å². The van der Waals surface area contributed by atoms with Gasteiger partial charge in [-0.15, -0.1) is 0 Å². The second-order valence-electron chi connectivity index (χ2n) is 5.50. The number of carboxylic acids is 1. The summed E-state index contributed by atoms with van der Waals surface area (Å²) in [5.74, 6) is 0.00430. The van der Waals surface area contributed by atoms with Crippen LogP contribution in [-0.4, -0.2) is 18.2 Å². The van der Waals surface area contributed by atoms with Crippen molar-refractivity contribution in [3.8, 4) is 5.75 Å². The summed E-state index contributed by atoms with van der Waals surface area (Å²) in [4.78, 5) is 11.7. The molecule has 102 valence electrons. The van der Waals surface area contributed by atoms with Crippen molar-refractivity contribution in [2.75, 3.05) is 7.11 Å². The minimum absolute atomic E-state index is 0.712. The summed E-state index contributed by atoms with van der Waals surface area (Å²) in [6.07, 6.45) is 5.63. The molecule has 0 spiro atoms. The van der Waals surface area contributed by atoms with Crippen molar-refractivity contribution in [3.63, 3.8) is 0 Å². The molecule has 0 atom stereocenters. The number of aryl methyl sites for hydroxylation is 1. The molecule has 0 aliphatic heterocycles. The molecule has 0 saturated heterocycles. The quantitative estimate of drug-likeness (QED) is 0.926. The SMILES string of the molecule is COc1c(C2(C(=O)O)CCC2)cc2c(c1Br)CCC2. The van der Waals surface area contributed by atoms with E-state index in [2.05, 4.69) is 22.0 Å². The molecule has 19 heavy (non-hydrogen) atoms. The van der Waals surface area contributed by atoms with Gasteiger partial charge in [-0.3, -0.25) is 4.79 Å². The first-order valence-electron chi connectivity index (χ1n) is 6.72. The summed E-state index contributed by atoms with van der Waals surface area (Å²) in [7, 11) is 1.62. The molecular formula is C15H17BrO3. The lowest BCUT2D eigenvalue weighted by atomic mass is 9.64. The zero-order valence-electron chi connectivity index (χ0n) is 11.0. The molecule has 0 radical (unpaired) electrons. The van der Waals surface area contributed by atoms with Crippen LogP contribution in [0.1, 0.15) is 42.4 Å². The van der Waals surface area contributed by atoms with Crippen LogP contribution in [-0.2, 0) is 23.1 Å². The van der Waals surface area contributed by atoms with Crippen molar-refractivity contribution in [2.45, 2.75) is 43.9 Å². The fourth-order valence-electron chi connectivity index (χ4n) is 3.36. The zero-order valence-corrected chi connectivity index (χ0v) is 12.5. The summed E-state index contributed by atoms with van der Waals surface area (Å²) in [6, 6.07) is 2.08. The first-order valence-corrected chi connectivity index (χ1v) is 7.51. The van der Waals surface area contributed by atoms with E-state index in [0.717, 1.165) is 41.5 Å². The highest BCUT2D eigenvalue weighted by Crippen LogP contribution is 2.51. The molecular weight excluding hydrogens is 308 g/mol. The van der Waals surface area contributed by atoms with Gasteiger partial charge in [0.2, 0.25) is 0 Å². The average Bonchev–Trinajstić information content (AvgIpc) is 2.76. The third-order valence-corrected chi connectivity index (χ3v) is 5.46. The van der Waals surface area contributed by atoms with Crippen molar-refractivity contribution < 1.29 is 14.6 Å². The van der Waals surface area contributed by atoms with Gasteiger partial charge in [-0.05, 0) is 59.2 Å². The van der Waals surface area contributed by atoms with E-state index >= 15 is 0 Å². The van der Waals surface area contributed by atoms with Gasteiger partial charge in [-0.1, -0.05) is 12.5 Å². The number of hydrogen-bond acceptors (Lipinski definition) is 2. The molecule has 1 aromatic rings. The number of hydrogen-bond donors (Lipinski definition) is 1. The standard InChI is InChI=1S/C15H17BrO3/c1-19-13-11(15(14(17)18)6-3-7-15)8-9-4-2-5-10(9)12(13)16/h8H,2-7H2,1H3,(H,17,18). The number of rotatable bonds is 3. The number of halogens is 1. The van der Waals surface area contributed by atoms with Gasteiger partial charge in [-0.2, -0.15) is 0 Å². The van der Waals surface area contributed by atoms with Crippen LogP contribution in [0, 0.1) is 0 Å². The normalized spacial score (nSPS) is 19.7. The van der Waals surface area contributed by atoms with Crippen LogP contribution in [0.3, 0.4) is 0 Å². The van der Waals surface area contributed by atoms with Crippen molar-refractivity contribution in [2.24, 2.45) is 0 Å². The van der Waals surface area contributed by atoms with Crippen molar-refractivity contribution in [3.05, 3.63) is 27.2 Å². The minimum atomic E-state index is -0.731. The van der Waals surface area contributed by atoms with E-state index in [1.54, 1.807) is 7.11 Å². The van der Waals surface area contributed by atoms with Gasteiger partial charge in [0.25, 0.3) is 0 Å². The summed E-state index contributed by atoms with van der Waals surface area (Å²) in [5, 5.41) is 9.63. The summed E-state index contributed by atoms with van der Waals surface area (Å²) >= 11 is 3.62. The predicted octanol–water partition coefficient (Wildman–Crippen LogP) is 3.45. The van der Waals surface area contributed by atoms with E-state index < -0.39 is 11.4 Å². The molecule has 4 heteroatoms. The molecule has 0 amide bonds. The van der Waals surface area contributed by atoms with Crippen LogP contribution in [0.4, 0.5) is 0 Å². The van der Waals surface area contributed by atoms with Crippen LogP contribution in [0.2, 0.25) is 0 Å². The number of aliphatic carboxylic acids is 1. The van der Waals surface area contributed by atoms with Gasteiger partial charge in [0.05, 0.1) is 17.0 Å². The Morgan fingerprint density at radius 2 is 2.11 bits per heavy atom. The third kappa shape index (κ3) is 1.72. The zero-order chi connectivity index (χ0) is 13.6. The van der Waals surface area contributed by atoms with Gasteiger partial charge in [0, 0.05) is 5.56 Å². The van der Waals surface area contributed by atoms with Crippen LogP contribution in [0.5, 0.6) is 5.75 Å². The Hall–Kier alpha value is -1.03. The molecule has 0 unspecified atom stereocenters. The first kappa shape index (κ1) is 13.0. The molecule has 0 aromatic heterocycles. The third-order valence-electron chi connectivity index (χ3n) is 4.62. The molecule has 2 aliphatic carbocycles. The van der Waals surface area contributed by atoms with Crippen molar-refractivity contribution >= 4 is 21.9 Å². The number of methoxy groups -OCH3 is 1. The smallest absolute Gasteiger partial charge is 0.314 e. The monoisotopic (exact) mass is 324 g/mol. The maximum atomic E-state index is 11.7. The number of carboxylic acid groups (broad SMARTS) is 1. The van der Waals surface area contributed by atoms with E-state index in [4.69, 9.17) is 4.74 Å². The maximum absolute atomic E-state index is 11.7. The lowest BCUT2D eigenvalue weighted by molar-refractivity contribution is -0.147. The number of ether oxygens (including phenoxy) is 1. The van der Waals surface area contributed by atoms with Crippen LogP contribution < -0.4 is 4.74 Å². The van der Waals surface area contributed by atoms with Crippen LogP contribution in [0.15, 0.2) is 10.5 Å². The van der Waals surface area contributed by atoms with Crippen molar-refractivity contribution in [1.82, 2.24) is 0 Å².